The summed E-state index contributed by atoms with van der Waals surface area (Å²) in [6, 6.07) is 1.25. The molecule has 2 atom stereocenters. The average molecular weight is 475 g/mol. The Balaban J connectivity index is 1.54. The molecule has 2 aliphatic heterocycles. The van der Waals surface area contributed by atoms with Crippen LogP contribution in [0, 0.1) is 13.8 Å². The number of nitrogens with zero attached hydrogens (tertiary/aromatic N) is 2. The molecule has 5 nitrogen and oxygen atoms in total. The van der Waals surface area contributed by atoms with Crippen LogP contribution < -0.4 is 5.73 Å². The van der Waals surface area contributed by atoms with Gasteiger partial charge < -0.3 is 33.5 Å². The molecule has 188 valence electrons. The molecule has 0 spiro atoms. The molecule has 4 N–H and O–H groups in total. The van der Waals surface area contributed by atoms with E-state index in [2.05, 4.69) is 0 Å². The van der Waals surface area contributed by atoms with Gasteiger partial charge in [0, 0.05) is 29.8 Å². The van der Waals surface area contributed by atoms with Gasteiger partial charge in [0.2, 0.25) is 0 Å². The quantitative estimate of drug-likeness (QED) is 0.230. The highest BCUT2D eigenvalue weighted by molar-refractivity contribution is 6.58. The first-order chi connectivity index (χ1) is 16.1. The Morgan fingerprint density at radius 1 is 1.09 bits per heavy atom. The van der Waals surface area contributed by atoms with Crippen LogP contribution >= 0.6 is 0 Å². The molecule has 0 aromatic carbocycles. The van der Waals surface area contributed by atoms with Crippen molar-refractivity contribution in [2.24, 2.45) is 5.73 Å². The van der Waals surface area contributed by atoms with Gasteiger partial charge in [0.05, 0.1) is 18.8 Å². The van der Waals surface area contributed by atoms with E-state index in [0.29, 0.717) is 22.8 Å². The average Bonchev–Trinajstić information content (AvgIpc) is 3.26. The zero-order chi connectivity index (χ0) is 25.0. The Bertz CT molecular complexity index is 1020. The van der Waals surface area contributed by atoms with Crippen molar-refractivity contribution in [1.82, 2.24) is 4.48 Å². The van der Waals surface area contributed by atoms with Crippen molar-refractivity contribution < 1.29 is 23.3 Å². The van der Waals surface area contributed by atoms with Crippen molar-refractivity contribution >= 4 is 18.3 Å². The van der Waals surface area contributed by atoms with Crippen molar-refractivity contribution in [2.45, 2.75) is 91.2 Å². The molecule has 8 heteroatoms. The monoisotopic (exact) mass is 475 g/mol. The summed E-state index contributed by atoms with van der Waals surface area (Å²) in [6.07, 6.45) is 12.8. The summed E-state index contributed by atoms with van der Waals surface area (Å²) >= 11 is 0. The van der Waals surface area contributed by atoms with Crippen LogP contribution in [0.2, 0.25) is 0 Å². The molecule has 0 aliphatic carbocycles. The minimum Gasteiger partial charge on any atom is -0.395 e. The predicted molar refractivity (Wildman–Crippen MR) is 136 cm³/mol. The fourth-order valence-corrected chi connectivity index (χ4v) is 5.42. The van der Waals surface area contributed by atoms with Crippen molar-refractivity contribution in [3.05, 3.63) is 52.5 Å². The molecule has 0 radical (unpaired) electrons. The van der Waals surface area contributed by atoms with Gasteiger partial charge >= 0.3 is 6.97 Å². The van der Waals surface area contributed by atoms with Crippen LogP contribution in [-0.4, -0.2) is 50.6 Å². The summed E-state index contributed by atoms with van der Waals surface area (Å²) < 4.78 is 33.7. The number of fused-ring (bicyclic) bond motifs is 2. The molecule has 1 aromatic rings. The van der Waals surface area contributed by atoms with Crippen LogP contribution in [0.5, 0.6) is 0 Å². The third-order valence-corrected chi connectivity index (χ3v) is 7.06. The molecule has 0 unspecified atom stereocenters. The van der Waals surface area contributed by atoms with Crippen molar-refractivity contribution in [2.75, 3.05) is 6.61 Å². The molecule has 0 amide bonds. The van der Waals surface area contributed by atoms with Gasteiger partial charge in [-0.05, 0) is 63.8 Å². The minimum absolute atomic E-state index is 0.232. The predicted octanol–water partition coefficient (Wildman–Crippen LogP) is 4.84. The van der Waals surface area contributed by atoms with Crippen LogP contribution in [0.4, 0.5) is 8.63 Å². The van der Waals surface area contributed by atoms with Crippen LogP contribution in [0.25, 0.3) is 5.57 Å². The molecule has 0 saturated carbocycles. The van der Waals surface area contributed by atoms with Crippen LogP contribution in [0.3, 0.4) is 0 Å². The van der Waals surface area contributed by atoms with Gasteiger partial charge in [-0.25, -0.2) is 0 Å². The van der Waals surface area contributed by atoms with E-state index in [9.17, 15) is 5.11 Å². The third-order valence-electron chi connectivity index (χ3n) is 7.06. The van der Waals surface area contributed by atoms with E-state index in [-0.39, 0.29) is 6.61 Å². The van der Waals surface area contributed by atoms with E-state index in [1.165, 1.54) is 8.96 Å². The first-order valence-electron chi connectivity index (χ1n) is 12.6. The summed E-state index contributed by atoms with van der Waals surface area (Å²) in [4.78, 5) is 0. The van der Waals surface area contributed by atoms with E-state index in [4.69, 9.17) is 10.8 Å². The van der Waals surface area contributed by atoms with Crippen molar-refractivity contribution in [3.8, 4) is 0 Å². The fourth-order valence-electron chi connectivity index (χ4n) is 5.42. The second-order valence-corrected chi connectivity index (χ2v) is 9.87. The molecular formula is C26H40BF2N3O2. The molecule has 2 aliphatic rings. The SMILES string of the molecule is CC1=CC(C)=[N+]2C1=C(CCCCCCCC/C=C/[C@@H](O)[C@@H](N)CO)c1c(C)cc(C)n1[B-]2(F)F. The lowest BCUT2D eigenvalue weighted by Crippen LogP contribution is -2.51. The summed E-state index contributed by atoms with van der Waals surface area (Å²) in [6.45, 7) is 3.32. The Morgan fingerprint density at radius 3 is 2.41 bits per heavy atom. The molecule has 3 rings (SSSR count). The van der Waals surface area contributed by atoms with E-state index in [0.717, 1.165) is 68.1 Å². The molecule has 3 heterocycles. The normalized spacial score (nSPS) is 19.0. The number of unbranched alkanes of at least 4 members (excludes halogenated alkanes) is 6. The van der Waals surface area contributed by atoms with Gasteiger partial charge in [0.25, 0.3) is 0 Å². The molecule has 0 saturated heterocycles. The lowest BCUT2D eigenvalue weighted by atomic mass is 9.84. The van der Waals surface area contributed by atoms with E-state index < -0.39 is 19.1 Å². The Hall–Kier alpha value is -2.03. The van der Waals surface area contributed by atoms with E-state index >= 15 is 8.63 Å². The van der Waals surface area contributed by atoms with Gasteiger partial charge in [-0.15, -0.1) is 0 Å². The number of rotatable bonds is 12. The minimum atomic E-state index is -3.88. The number of aliphatic hydroxyl groups is 2. The molecule has 34 heavy (non-hydrogen) atoms. The fraction of sp³-hybridized carbons (Fsp3) is 0.577. The summed E-state index contributed by atoms with van der Waals surface area (Å²) in [5, 5.41) is 18.6. The largest absolute Gasteiger partial charge is 0.737 e. The topological polar surface area (TPSA) is 74.4 Å². The number of aromatic nitrogens is 1. The maximum Gasteiger partial charge on any atom is 0.737 e. The van der Waals surface area contributed by atoms with Crippen LogP contribution in [0.15, 0.2) is 35.6 Å². The number of aryl methyl sites for hydroxylation is 2. The second-order valence-electron chi connectivity index (χ2n) is 9.87. The van der Waals surface area contributed by atoms with E-state index in [1.54, 1.807) is 19.9 Å². The van der Waals surface area contributed by atoms with Gasteiger partial charge in [0.1, 0.15) is 5.71 Å². The number of aliphatic hydroxyl groups excluding tert-OH is 2. The van der Waals surface area contributed by atoms with Gasteiger partial charge in [-0.1, -0.05) is 37.8 Å². The summed E-state index contributed by atoms with van der Waals surface area (Å²) in [5.74, 6) is 0. The number of hydrogen-bond acceptors (Lipinski definition) is 3. The number of hydrogen-bond donors (Lipinski definition) is 3. The van der Waals surface area contributed by atoms with Crippen LogP contribution in [-0.2, 0) is 0 Å². The standard InChI is InChI=1S/C26H40BF2N3O2/c1-18-15-20(3)31-25(18)22(26-19(2)16-21(4)32(26)27(31,28)29)13-11-9-7-5-6-8-10-12-14-24(34)23(30)17-33/h12,14-16,23-24,33-34H,5-11,13,17,30H2,1-4H3/b14-12+/t23-,24+/m0/s1. The number of halogens is 2. The highest BCUT2D eigenvalue weighted by Crippen LogP contribution is 2.43. The van der Waals surface area contributed by atoms with Crippen molar-refractivity contribution in [1.29, 1.82) is 0 Å². The zero-order valence-corrected chi connectivity index (χ0v) is 21.0. The maximum atomic E-state index is 15.6. The lowest BCUT2D eigenvalue weighted by molar-refractivity contribution is -0.363. The van der Waals surface area contributed by atoms with Gasteiger partial charge in [-0.3, -0.25) is 0 Å². The molecule has 0 bridgehead atoms. The number of allylic oxidation sites excluding steroid dienone is 4. The highest BCUT2D eigenvalue weighted by Gasteiger charge is 2.54. The van der Waals surface area contributed by atoms with Gasteiger partial charge in [-0.2, -0.15) is 0 Å². The smallest absolute Gasteiger partial charge is 0.395 e. The third kappa shape index (κ3) is 5.29. The Kier molecular flexibility index (Phi) is 8.71. The van der Waals surface area contributed by atoms with Crippen molar-refractivity contribution in [3.63, 3.8) is 0 Å². The lowest BCUT2D eigenvalue weighted by Gasteiger charge is -2.34. The maximum absolute atomic E-state index is 15.6. The summed E-state index contributed by atoms with van der Waals surface area (Å²) in [7, 11) is 0. The molecule has 0 fully saturated rings. The molecule has 1 aromatic heterocycles. The Labute approximate surface area is 202 Å². The second kappa shape index (κ2) is 11.1. The molecular weight excluding hydrogens is 435 g/mol. The zero-order valence-electron chi connectivity index (χ0n) is 21.0. The first kappa shape index (κ1) is 26.6. The summed E-state index contributed by atoms with van der Waals surface area (Å²) in [5.41, 5.74) is 11.1. The number of nitrogens with two attached hydrogens (primary N) is 1. The van der Waals surface area contributed by atoms with Crippen LogP contribution in [0.1, 0.15) is 82.2 Å². The van der Waals surface area contributed by atoms with Gasteiger partial charge in [0.15, 0.2) is 5.70 Å². The Morgan fingerprint density at radius 2 is 1.74 bits per heavy atom. The first-order valence-corrected chi connectivity index (χ1v) is 12.6. The highest BCUT2D eigenvalue weighted by atomic mass is 19.2. The van der Waals surface area contributed by atoms with E-state index in [1.807, 2.05) is 32.1 Å².